The summed E-state index contributed by atoms with van der Waals surface area (Å²) in [6.45, 7) is 16.2. The predicted octanol–water partition coefficient (Wildman–Crippen LogP) is 4.51. The van der Waals surface area contributed by atoms with Crippen LogP contribution in [0.25, 0.3) is 20.2 Å². The van der Waals surface area contributed by atoms with Gasteiger partial charge in [0.1, 0.15) is 25.4 Å². The van der Waals surface area contributed by atoms with Crippen molar-refractivity contribution in [1.29, 1.82) is 0 Å². The van der Waals surface area contributed by atoms with Crippen LogP contribution in [0.1, 0.15) is 27.2 Å². The topological polar surface area (TPSA) is 130 Å². The van der Waals surface area contributed by atoms with Gasteiger partial charge in [0.05, 0.1) is 38.4 Å². The van der Waals surface area contributed by atoms with Gasteiger partial charge in [0.2, 0.25) is 0 Å². The summed E-state index contributed by atoms with van der Waals surface area (Å²) in [7, 11) is 0. The van der Waals surface area contributed by atoms with Gasteiger partial charge in [-0.25, -0.2) is 9.59 Å². The highest BCUT2D eigenvalue weighted by Crippen LogP contribution is 2.28. The van der Waals surface area contributed by atoms with Gasteiger partial charge in [-0.3, -0.25) is 14.5 Å². The first kappa shape index (κ1) is 39.6. The summed E-state index contributed by atoms with van der Waals surface area (Å²) in [5.41, 5.74) is 1.09. The molecule has 2 aromatic carbocycles. The van der Waals surface area contributed by atoms with Crippen molar-refractivity contribution in [1.82, 2.24) is 4.90 Å². The molecule has 12 nitrogen and oxygen atoms in total. The van der Waals surface area contributed by atoms with Gasteiger partial charge in [-0.05, 0) is 51.1 Å². The van der Waals surface area contributed by atoms with Gasteiger partial charge in [0.25, 0.3) is 0 Å². The molecular formula is C38H48N2O10S. The van der Waals surface area contributed by atoms with Crippen molar-refractivity contribution in [2.24, 2.45) is 0 Å². The maximum Gasteiger partial charge on any atom is 0.330 e. The maximum absolute atomic E-state index is 13.2. The highest BCUT2D eigenvalue weighted by atomic mass is 32.1. The second-order valence-electron chi connectivity index (χ2n) is 12.4. The molecule has 276 valence electrons. The van der Waals surface area contributed by atoms with Crippen LogP contribution in [0.5, 0.6) is 0 Å². The first-order chi connectivity index (χ1) is 24.6. The van der Waals surface area contributed by atoms with Gasteiger partial charge in [-0.1, -0.05) is 25.3 Å². The van der Waals surface area contributed by atoms with Crippen LogP contribution in [-0.4, -0.2) is 113 Å². The summed E-state index contributed by atoms with van der Waals surface area (Å²) in [5.74, 6) is -1.41. The van der Waals surface area contributed by atoms with Crippen LogP contribution >= 0.6 is 11.3 Å². The standard InChI is InChI=1S/C38H48N2O10S/c1-6-35(41)48-21-26(3)45-24-30(47-23-28(5)50-36(42)7-2)25-46-27(4)22-49-37(43)14-15-39-16-18-40(19-17-39)29-12-13-34-32(20-29)38(44)31-10-8-9-11-33(31)51-34/h6-13,20,26-28,30H,1-2,14-19,21-25H2,3-5H3. The predicted molar refractivity (Wildman–Crippen MR) is 197 cm³/mol. The third-order valence-corrected chi connectivity index (χ3v) is 9.37. The second-order valence-corrected chi connectivity index (χ2v) is 13.5. The number of rotatable bonds is 20. The Morgan fingerprint density at radius 1 is 0.765 bits per heavy atom. The van der Waals surface area contributed by atoms with Crippen molar-refractivity contribution in [2.45, 2.75) is 51.6 Å². The highest BCUT2D eigenvalue weighted by molar-refractivity contribution is 7.24. The third kappa shape index (κ3) is 12.5. The molecule has 1 aromatic heterocycles. The molecule has 0 amide bonds. The molecule has 0 radical (unpaired) electrons. The molecule has 4 atom stereocenters. The van der Waals surface area contributed by atoms with E-state index in [1.807, 2.05) is 36.4 Å². The first-order valence-corrected chi connectivity index (χ1v) is 17.9. The van der Waals surface area contributed by atoms with Crippen LogP contribution in [-0.2, 0) is 42.8 Å². The monoisotopic (exact) mass is 724 g/mol. The minimum absolute atomic E-state index is 0.0414. The first-order valence-electron chi connectivity index (χ1n) is 17.1. The molecule has 1 aliphatic heterocycles. The average molecular weight is 725 g/mol. The van der Waals surface area contributed by atoms with Crippen LogP contribution in [0, 0.1) is 0 Å². The fraction of sp³-hybridized carbons (Fsp3) is 0.474. The van der Waals surface area contributed by atoms with E-state index in [0.717, 1.165) is 64.2 Å². The lowest BCUT2D eigenvalue weighted by Crippen LogP contribution is -2.47. The molecule has 4 rings (SSSR count). The number of fused-ring (bicyclic) bond motifs is 2. The average Bonchev–Trinajstić information content (AvgIpc) is 3.15. The minimum atomic E-state index is -0.555. The van der Waals surface area contributed by atoms with E-state index < -0.39 is 36.4 Å². The molecule has 51 heavy (non-hydrogen) atoms. The molecule has 1 saturated heterocycles. The fourth-order valence-electron chi connectivity index (χ4n) is 5.34. The van der Waals surface area contributed by atoms with Crippen LogP contribution in [0.3, 0.4) is 0 Å². The molecule has 0 N–H and O–H groups in total. The third-order valence-electron chi connectivity index (χ3n) is 8.22. The number of carbonyl (C=O) groups excluding carboxylic acids is 3. The smallest absolute Gasteiger partial charge is 0.330 e. The zero-order valence-corrected chi connectivity index (χ0v) is 30.4. The normalized spacial score (nSPS) is 15.9. The number of hydrogen-bond donors (Lipinski definition) is 0. The molecule has 0 aliphatic carbocycles. The Morgan fingerprint density at radius 2 is 1.41 bits per heavy atom. The number of piperazine rings is 1. The zero-order valence-electron chi connectivity index (χ0n) is 29.6. The van der Waals surface area contributed by atoms with Gasteiger partial charge in [0, 0.05) is 70.7 Å². The molecule has 3 aromatic rings. The lowest BCUT2D eigenvalue weighted by atomic mass is 10.1. The van der Waals surface area contributed by atoms with Gasteiger partial charge < -0.3 is 33.3 Å². The molecular weight excluding hydrogens is 676 g/mol. The molecule has 1 aliphatic rings. The fourth-order valence-corrected chi connectivity index (χ4v) is 6.40. The number of nitrogens with zero attached hydrogens (tertiary/aromatic N) is 2. The maximum atomic E-state index is 13.2. The summed E-state index contributed by atoms with van der Waals surface area (Å²) < 4.78 is 35.2. The Labute approximate surface area is 302 Å². The second kappa shape index (κ2) is 20.0. The molecule has 0 saturated carbocycles. The van der Waals surface area contributed by atoms with E-state index in [1.165, 1.54) is 0 Å². The van der Waals surface area contributed by atoms with E-state index >= 15 is 0 Å². The number of esters is 3. The molecule has 2 heterocycles. The Morgan fingerprint density at radius 3 is 2.10 bits per heavy atom. The van der Waals surface area contributed by atoms with Gasteiger partial charge in [-0.2, -0.15) is 0 Å². The lowest BCUT2D eigenvalue weighted by molar-refractivity contribution is -0.155. The number of carbonyl (C=O) groups is 3. The number of anilines is 1. The van der Waals surface area contributed by atoms with Crippen molar-refractivity contribution in [3.63, 3.8) is 0 Å². The molecule has 0 bridgehead atoms. The van der Waals surface area contributed by atoms with Crippen molar-refractivity contribution < 1.29 is 42.8 Å². The summed E-state index contributed by atoms with van der Waals surface area (Å²) in [6.07, 6.45) is 0.515. The highest BCUT2D eigenvalue weighted by Gasteiger charge is 2.21. The summed E-state index contributed by atoms with van der Waals surface area (Å²) in [5, 5.41) is 1.50. The summed E-state index contributed by atoms with van der Waals surface area (Å²) in [4.78, 5) is 53.1. The van der Waals surface area contributed by atoms with Crippen LogP contribution in [0.2, 0.25) is 0 Å². The van der Waals surface area contributed by atoms with Crippen LogP contribution in [0.15, 0.2) is 72.6 Å². The Balaban J connectivity index is 1.17. The van der Waals surface area contributed by atoms with E-state index in [0.29, 0.717) is 6.54 Å². The molecule has 4 unspecified atom stereocenters. The Hall–Kier alpha value is -4.14. The van der Waals surface area contributed by atoms with Gasteiger partial charge in [-0.15, -0.1) is 11.3 Å². The van der Waals surface area contributed by atoms with E-state index in [1.54, 1.807) is 32.1 Å². The van der Waals surface area contributed by atoms with Crippen molar-refractivity contribution in [2.75, 3.05) is 70.7 Å². The number of hydrogen-bond acceptors (Lipinski definition) is 13. The Bertz CT molecular complexity index is 1700. The quantitative estimate of drug-likeness (QED) is 0.0704. The van der Waals surface area contributed by atoms with Crippen molar-refractivity contribution in [3.05, 3.63) is 78.0 Å². The molecule has 1 fully saturated rings. The minimum Gasteiger partial charge on any atom is -0.463 e. The molecule has 0 spiro atoms. The zero-order chi connectivity index (χ0) is 36.8. The van der Waals surface area contributed by atoms with E-state index in [4.69, 9.17) is 28.4 Å². The van der Waals surface area contributed by atoms with Crippen LogP contribution in [0.4, 0.5) is 5.69 Å². The molecule has 13 heteroatoms. The summed E-state index contributed by atoms with van der Waals surface area (Å²) in [6, 6.07) is 13.8. The largest absolute Gasteiger partial charge is 0.463 e. The van der Waals surface area contributed by atoms with Crippen molar-refractivity contribution in [3.8, 4) is 0 Å². The summed E-state index contributed by atoms with van der Waals surface area (Å²) >= 11 is 1.63. The van der Waals surface area contributed by atoms with E-state index in [9.17, 15) is 19.2 Å². The SMILES string of the molecule is C=CC(=O)OCC(C)OCC(COC(C)COC(=O)CCN1CCN(c2ccc3sc4ccccc4c(=O)c3c2)CC1)OCC(C)OC(=O)C=C. The number of ether oxygens (including phenoxy) is 6. The number of benzene rings is 2. The Kier molecular flexibility index (Phi) is 15.6. The van der Waals surface area contributed by atoms with Crippen molar-refractivity contribution >= 4 is 55.1 Å². The van der Waals surface area contributed by atoms with E-state index in [2.05, 4.69) is 29.0 Å². The van der Waals surface area contributed by atoms with E-state index in [-0.39, 0.29) is 50.9 Å². The van der Waals surface area contributed by atoms with Crippen LogP contribution < -0.4 is 10.3 Å². The van der Waals surface area contributed by atoms with Gasteiger partial charge in [0.15, 0.2) is 5.43 Å². The lowest BCUT2D eigenvalue weighted by Gasteiger charge is -2.36. The van der Waals surface area contributed by atoms with Gasteiger partial charge >= 0.3 is 17.9 Å².